The molecule has 3 aromatic rings. The zero-order valence-electron chi connectivity index (χ0n) is 17.1. The molecule has 0 aliphatic heterocycles. The van der Waals surface area contributed by atoms with Crippen LogP contribution in [0.5, 0.6) is 17.2 Å². The number of para-hydroxylation sites is 2. The first kappa shape index (κ1) is 23.9. The van der Waals surface area contributed by atoms with Crippen LogP contribution in [0.3, 0.4) is 0 Å². The summed E-state index contributed by atoms with van der Waals surface area (Å²) in [6.45, 7) is 0.678. The van der Waals surface area contributed by atoms with Gasteiger partial charge in [-0.05, 0) is 19.1 Å². The standard InChI is InChI=1S/C20H16ClF3N4O5/c1-11-18(21)19(20(22,23)24)26-27(11)10-17(29)25-12-7-13(28(30)31)9-14(8-12)33-16-6-4-3-5-15(16)32-2/h3-9H,10H2,1-2H3,(H,25,29). The molecule has 0 saturated carbocycles. The van der Waals surface area contributed by atoms with Crippen molar-refractivity contribution in [1.29, 1.82) is 0 Å². The largest absolute Gasteiger partial charge is 0.493 e. The molecule has 1 aromatic heterocycles. The maximum atomic E-state index is 13.0. The smallest absolute Gasteiger partial charge is 0.436 e. The van der Waals surface area contributed by atoms with Crippen molar-refractivity contribution in [2.45, 2.75) is 19.6 Å². The zero-order chi connectivity index (χ0) is 24.3. The van der Waals surface area contributed by atoms with Crippen molar-refractivity contribution in [2.75, 3.05) is 12.4 Å². The van der Waals surface area contributed by atoms with Gasteiger partial charge >= 0.3 is 6.18 Å². The van der Waals surface area contributed by atoms with Gasteiger partial charge in [0.15, 0.2) is 17.2 Å². The van der Waals surface area contributed by atoms with E-state index in [2.05, 4.69) is 10.4 Å². The van der Waals surface area contributed by atoms with Crippen LogP contribution in [-0.4, -0.2) is 27.7 Å². The number of carbonyl (C=O) groups excluding carboxylic acids is 1. The molecule has 0 unspecified atom stereocenters. The number of methoxy groups -OCH3 is 1. The number of benzene rings is 2. The number of non-ortho nitro benzene ring substituents is 1. The van der Waals surface area contributed by atoms with Gasteiger partial charge in [-0.2, -0.15) is 18.3 Å². The van der Waals surface area contributed by atoms with Crippen molar-refractivity contribution in [3.8, 4) is 17.2 Å². The Morgan fingerprint density at radius 1 is 1.24 bits per heavy atom. The molecule has 0 aliphatic carbocycles. The number of nitrogens with zero attached hydrogens (tertiary/aromatic N) is 3. The van der Waals surface area contributed by atoms with Gasteiger partial charge in [-0.1, -0.05) is 23.7 Å². The van der Waals surface area contributed by atoms with Crippen molar-refractivity contribution < 1.29 is 32.4 Å². The molecule has 3 rings (SSSR count). The summed E-state index contributed by atoms with van der Waals surface area (Å²) >= 11 is 5.68. The number of ether oxygens (including phenoxy) is 2. The van der Waals surface area contributed by atoms with Gasteiger partial charge in [0.1, 0.15) is 12.3 Å². The first-order chi connectivity index (χ1) is 15.5. The first-order valence-electron chi connectivity index (χ1n) is 9.20. The summed E-state index contributed by atoms with van der Waals surface area (Å²) in [4.78, 5) is 23.1. The minimum Gasteiger partial charge on any atom is -0.493 e. The zero-order valence-corrected chi connectivity index (χ0v) is 17.9. The minimum atomic E-state index is -4.78. The van der Waals surface area contributed by atoms with Crippen molar-refractivity contribution in [2.24, 2.45) is 0 Å². The number of anilines is 1. The second kappa shape index (κ2) is 9.36. The van der Waals surface area contributed by atoms with Crippen LogP contribution in [0.4, 0.5) is 24.5 Å². The molecule has 1 heterocycles. The molecule has 0 saturated heterocycles. The number of carbonyl (C=O) groups is 1. The van der Waals surface area contributed by atoms with Crippen LogP contribution in [0.25, 0.3) is 0 Å². The number of nitro groups is 1. The van der Waals surface area contributed by atoms with Crippen LogP contribution in [0.15, 0.2) is 42.5 Å². The van der Waals surface area contributed by atoms with Crippen LogP contribution in [0, 0.1) is 17.0 Å². The van der Waals surface area contributed by atoms with E-state index >= 15 is 0 Å². The van der Waals surface area contributed by atoms with E-state index in [1.54, 1.807) is 24.3 Å². The summed E-state index contributed by atoms with van der Waals surface area (Å²) in [6.07, 6.45) is -4.78. The van der Waals surface area contributed by atoms with Crippen LogP contribution in [-0.2, 0) is 17.5 Å². The second-order valence-electron chi connectivity index (χ2n) is 6.68. The lowest BCUT2D eigenvalue weighted by Crippen LogP contribution is -2.21. The number of nitrogens with one attached hydrogen (secondary N) is 1. The first-order valence-corrected chi connectivity index (χ1v) is 9.57. The number of alkyl halides is 3. The van der Waals surface area contributed by atoms with Gasteiger partial charge in [0, 0.05) is 12.1 Å². The molecule has 13 heteroatoms. The Hall–Kier alpha value is -3.80. The Morgan fingerprint density at radius 3 is 2.48 bits per heavy atom. The van der Waals surface area contributed by atoms with E-state index in [-0.39, 0.29) is 28.6 Å². The highest BCUT2D eigenvalue weighted by molar-refractivity contribution is 6.32. The molecule has 174 valence electrons. The molecule has 1 N–H and O–H groups in total. The van der Waals surface area contributed by atoms with Gasteiger partial charge < -0.3 is 14.8 Å². The van der Waals surface area contributed by atoms with E-state index in [0.29, 0.717) is 5.75 Å². The van der Waals surface area contributed by atoms with Gasteiger partial charge in [0.2, 0.25) is 5.91 Å². The third kappa shape index (κ3) is 5.52. The predicted molar refractivity (Wildman–Crippen MR) is 112 cm³/mol. The molecule has 0 bridgehead atoms. The third-order valence-electron chi connectivity index (χ3n) is 4.38. The molecule has 0 spiro atoms. The predicted octanol–water partition coefficient (Wildman–Crippen LogP) is 5.21. The monoisotopic (exact) mass is 484 g/mol. The Labute approximate surface area is 189 Å². The van der Waals surface area contributed by atoms with Gasteiger partial charge in [0.05, 0.1) is 34.5 Å². The van der Waals surface area contributed by atoms with E-state index in [4.69, 9.17) is 21.1 Å². The molecule has 2 aromatic carbocycles. The number of amides is 1. The van der Waals surface area contributed by atoms with E-state index in [1.807, 2.05) is 0 Å². The van der Waals surface area contributed by atoms with Crippen LogP contribution < -0.4 is 14.8 Å². The fourth-order valence-electron chi connectivity index (χ4n) is 2.85. The minimum absolute atomic E-state index is 0.00829. The molecular weight excluding hydrogens is 469 g/mol. The van der Waals surface area contributed by atoms with Crippen LogP contribution in [0.1, 0.15) is 11.4 Å². The topological polar surface area (TPSA) is 109 Å². The van der Waals surface area contributed by atoms with Crippen molar-refractivity contribution in [3.63, 3.8) is 0 Å². The second-order valence-corrected chi connectivity index (χ2v) is 7.06. The highest BCUT2D eigenvalue weighted by atomic mass is 35.5. The number of rotatable bonds is 7. The quantitative estimate of drug-likeness (QED) is 0.364. The molecular formula is C20H16ClF3N4O5. The summed E-state index contributed by atoms with van der Waals surface area (Å²) in [6, 6.07) is 10.1. The number of halogens is 4. The van der Waals surface area contributed by atoms with Gasteiger partial charge in [-0.25, -0.2) is 0 Å². The average Bonchev–Trinajstić information content (AvgIpc) is 3.02. The fourth-order valence-corrected chi connectivity index (χ4v) is 3.09. The highest BCUT2D eigenvalue weighted by Gasteiger charge is 2.38. The SMILES string of the molecule is COc1ccccc1Oc1cc(NC(=O)Cn2nc(C(F)(F)F)c(Cl)c2C)cc([N+](=O)[O-])c1. The Morgan fingerprint density at radius 2 is 1.91 bits per heavy atom. The summed E-state index contributed by atoms with van der Waals surface area (Å²) in [7, 11) is 1.43. The molecule has 0 atom stereocenters. The summed E-state index contributed by atoms with van der Waals surface area (Å²) in [5.74, 6) is -0.100. The van der Waals surface area contributed by atoms with E-state index in [9.17, 15) is 28.1 Å². The Bertz CT molecular complexity index is 1210. The lowest BCUT2D eigenvalue weighted by atomic mass is 10.2. The van der Waals surface area contributed by atoms with Crippen molar-refractivity contribution >= 4 is 28.9 Å². The molecule has 0 radical (unpaired) electrons. The molecule has 9 nitrogen and oxygen atoms in total. The molecule has 33 heavy (non-hydrogen) atoms. The molecule has 0 aliphatic rings. The average molecular weight is 485 g/mol. The Balaban J connectivity index is 1.85. The maximum Gasteiger partial charge on any atom is 0.436 e. The number of aromatic nitrogens is 2. The fraction of sp³-hybridized carbons (Fsp3) is 0.200. The maximum absolute atomic E-state index is 13.0. The van der Waals surface area contributed by atoms with Crippen LogP contribution in [0.2, 0.25) is 5.02 Å². The number of nitro benzene ring substituents is 1. The van der Waals surface area contributed by atoms with E-state index < -0.39 is 34.3 Å². The number of hydrogen-bond acceptors (Lipinski definition) is 6. The van der Waals surface area contributed by atoms with Gasteiger partial charge in [-0.3, -0.25) is 19.6 Å². The van der Waals surface area contributed by atoms with Crippen LogP contribution >= 0.6 is 11.6 Å². The van der Waals surface area contributed by atoms with Gasteiger partial charge in [-0.15, -0.1) is 0 Å². The lowest BCUT2D eigenvalue weighted by molar-refractivity contribution is -0.384. The van der Waals surface area contributed by atoms with Crippen molar-refractivity contribution in [3.05, 3.63) is 69.0 Å². The Kier molecular flexibility index (Phi) is 6.77. The van der Waals surface area contributed by atoms with E-state index in [0.717, 1.165) is 16.8 Å². The lowest BCUT2D eigenvalue weighted by Gasteiger charge is -2.12. The number of hydrogen-bond donors (Lipinski definition) is 1. The third-order valence-corrected chi connectivity index (χ3v) is 4.83. The normalized spacial score (nSPS) is 11.2. The van der Waals surface area contributed by atoms with Crippen molar-refractivity contribution in [1.82, 2.24) is 9.78 Å². The molecule has 0 fully saturated rings. The summed E-state index contributed by atoms with van der Waals surface area (Å²) < 4.78 is 50.6. The summed E-state index contributed by atoms with van der Waals surface area (Å²) in [5.41, 5.74) is -1.75. The van der Waals surface area contributed by atoms with Gasteiger partial charge in [0.25, 0.3) is 5.69 Å². The molecule has 1 amide bonds. The summed E-state index contributed by atoms with van der Waals surface area (Å²) in [5, 5.41) is 16.4. The highest BCUT2D eigenvalue weighted by Crippen LogP contribution is 2.36. The van der Waals surface area contributed by atoms with E-state index in [1.165, 1.54) is 20.1 Å².